The Kier molecular flexibility index (Phi) is 6.79. The van der Waals surface area contributed by atoms with Crippen LogP contribution in [-0.2, 0) is 4.79 Å². The van der Waals surface area contributed by atoms with Gasteiger partial charge in [-0.3, -0.25) is 14.2 Å². The lowest BCUT2D eigenvalue weighted by molar-refractivity contribution is -0.111. The predicted molar refractivity (Wildman–Crippen MR) is 141 cm³/mol. The third-order valence-corrected chi connectivity index (χ3v) is 6.20. The molecule has 2 aromatic carbocycles. The van der Waals surface area contributed by atoms with Gasteiger partial charge in [0.15, 0.2) is 5.65 Å². The number of carbonyl (C=O) groups excluding carboxylic acids is 1. The van der Waals surface area contributed by atoms with Crippen molar-refractivity contribution in [1.29, 1.82) is 0 Å². The smallest absolute Gasteiger partial charge is 0.283 e. The van der Waals surface area contributed by atoms with Crippen molar-refractivity contribution in [2.75, 3.05) is 48.8 Å². The summed E-state index contributed by atoms with van der Waals surface area (Å²) in [5.41, 5.74) is 0.892. The van der Waals surface area contributed by atoms with Crippen molar-refractivity contribution >= 4 is 40.0 Å². The summed E-state index contributed by atoms with van der Waals surface area (Å²) in [6, 6.07) is 8.71. The monoisotopic (exact) mass is 518 g/mol. The fourth-order valence-electron chi connectivity index (χ4n) is 4.16. The Morgan fingerprint density at radius 3 is 2.58 bits per heavy atom. The van der Waals surface area contributed by atoms with E-state index in [1.165, 1.54) is 35.3 Å². The van der Waals surface area contributed by atoms with E-state index in [0.717, 1.165) is 44.0 Å². The van der Waals surface area contributed by atoms with Crippen molar-refractivity contribution in [2.24, 2.45) is 0 Å². The number of hydrogen-bond acceptors (Lipinski definition) is 8. The van der Waals surface area contributed by atoms with Crippen LogP contribution in [0.5, 0.6) is 0 Å². The molecule has 0 radical (unpaired) electrons. The number of hydrogen-bond donors (Lipinski definition) is 2. The summed E-state index contributed by atoms with van der Waals surface area (Å²) < 4.78 is 30.8. The van der Waals surface area contributed by atoms with Gasteiger partial charge in [0.2, 0.25) is 11.9 Å². The quantitative estimate of drug-likeness (QED) is 0.375. The third kappa shape index (κ3) is 5.20. The van der Waals surface area contributed by atoms with Gasteiger partial charge in [-0.1, -0.05) is 6.58 Å². The number of rotatable bonds is 6. The van der Waals surface area contributed by atoms with Crippen LogP contribution >= 0.6 is 0 Å². The third-order valence-electron chi connectivity index (χ3n) is 6.20. The summed E-state index contributed by atoms with van der Waals surface area (Å²) in [6.45, 7) is 6.79. The van der Waals surface area contributed by atoms with Crippen molar-refractivity contribution < 1.29 is 13.6 Å². The fourth-order valence-corrected chi connectivity index (χ4v) is 4.16. The number of amides is 1. The molecule has 0 saturated carbocycles. The van der Waals surface area contributed by atoms with Gasteiger partial charge >= 0.3 is 0 Å². The molecule has 0 aliphatic carbocycles. The molecule has 1 fully saturated rings. The minimum absolute atomic E-state index is 0.0275. The summed E-state index contributed by atoms with van der Waals surface area (Å²) in [6.07, 6.45) is 3.52. The average molecular weight is 519 g/mol. The molecule has 0 bridgehead atoms. The Labute approximate surface area is 216 Å². The standard InChI is InChI=1S/C26H24F2N8O2/c1-3-23(37)31-17-10-16(27)11-19(12-17)36-15-30-25(38)20-14-29-26(33-24(20)36)32-22-5-4-18(13-21(22)28)35-8-6-34(2)7-9-35/h3-5,10-15H,1,6-9H2,2H3,(H,31,37)(H,29,32,33). The van der Waals surface area contributed by atoms with E-state index in [-0.39, 0.29) is 34.0 Å². The number of carbonyl (C=O) groups is 1. The van der Waals surface area contributed by atoms with E-state index >= 15 is 4.39 Å². The van der Waals surface area contributed by atoms with E-state index in [9.17, 15) is 14.0 Å². The van der Waals surface area contributed by atoms with E-state index in [0.29, 0.717) is 0 Å². The van der Waals surface area contributed by atoms with Crippen LogP contribution in [0, 0.1) is 11.6 Å². The van der Waals surface area contributed by atoms with E-state index in [4.69, 9.17) is 0 Å². The molecule has 194 valence electrons. The minimum atomic E-state index is -0.636. The van der Waals surface area contributed by atoms with Crippen molar-refractivity contribution in [1.82, 2.24) is 24.4 Å². The molecule has 1 aliphatic heterocycles. The summed E-state index contributed by atoms with van der Waals surface area (Å²) in [5.74, 6) is -1.60. The van der Waals surface area contributed by atoms with Crippen LogP contribution < -0.4 is 21.1 Å². The Morgan fingerprint density at radius 2 is 1.84 bits per heavy atom. The first kappa shape index (κ1) is 25.0. The van der Waals surface area contributed by atoms with Crippen LogP contribution in [0.25, 0.3) is 16.7 Å². The van der Waals surface area contributed by atoms with Crippen LogP contribution in [0.2, 0.25) is 0 Å². The number of fused-ring (bicyclic) bond motifs is 1. The molecule has 2 N–H and O–H groups in total. The van der Waals surface area contributed by atoms with Gasteiger partial charge in [-0.2, -0.15) is 9.97 Å². The number of nitrogens with one attached hydrogen (secondary N) is 2. The molecule has 1 amide bonds. The van der Waals surface area contributed by atoms with Gasteiger partial charge in [0.05, 0.1) is 11.4 Å². The van der Waals surface area contributed by atoms with Crippen LogP contribution in [0.1, 0.15) is 0 Å². The number of anilines is 4. The molecule has 0 spiro atoms. The van der Waals surface area contributed by atoms with Crippen molar-refractivity contribution in [3.05, 3.63) is 83.6 Å². The van der Waals surface area contributed by atoms with Gasteiger partial charge in [0.25, 0.3) is 5.56 Å². The average Bonchev–Trinajstić information content (AvgIpc) is 2.90. The van der Waals surface area contributed by atoms with Crippen LogP contribution in [0.4, 0.5) is 31.8 Å². The number of aromatic nitrogens is 4. The summed E-state index contributed by atoms with van der Waals surface area (Å²) in [7, 11) is 2.05. The maximum Gasteiger partial charge on any atom is 0.283 e. The molecular formula is C26H24F2N8O2. The fraction of sp³-hybridized carbons (Fsp3) is 0.192. The maximum absolute atomic E-state index is 15.0. The van der Waals surface area contributed by atoms with Gasteiger partial charge in [-0.15, -0.1) is 0 Å². The summed E-state index contributed by atoms with van der Waals surface area (Å²) in [4.78, 5) is 40.8. The topological polar surface area (TPSA) is 108 Å². The molecule has 1 aliphatic rings. The Hall–Kier alpha value is -4.71. The zero-order chi connectivity index (χ0) is 26.8. The first-order valence-corrected chi connectivity index (χ1v) is 11.8. The molecule has 5 rings (SSSR count). The van der Waals surface area contributed by atoms with E-state index in [1.54, 1.807) is 6.07 Å². The van der Waals surface area contributed by atoms with Crippen molar-refractivity contribution in [3.63, 3.8) is 0 Å². The second-order valence-corrected chi connectivity index (χ2v) is 8.82. The van der Waals surface area contributed by atoms with E-state index in [1.807, 2.05) is 6.07 Å². The predicted octanol–water partition coefficient (Wildman–Crippen LogP) is 3.07. The molecule has 0 atom stereocenters. The highest BCUT2D eigenvalue weighted by atomic mass is 19.1. The number of likely N-dealkylation sites (N-methyl/N-ethyl adjacent to an activating group) is 1. The largest absolute Gasteiger partial charge is 0.369 e. The first-order valence-electron chi connectivity index (χ1n) is 11.8. The highest BCUT2D eigenvalue weighted by Crippen LogP contribution is 2.26. The molecule has 0 unspecified atom stereocenters. The van der Waals surface area contributed by atoms with Gasteiger partial charge < -0.3 is 20.4 Å². The van der Waals surface area contributed by atoms with Crippen LogP contribution in [-0.4, -0.2) is 63.6 Å². The number of piperazine rings is 1. The van der Waals surface area contributed by atoms with Gasteiger partial charge in [-0.05, 0) is 49.5 Å². The van der Waals surface area contributed by atoms with Crippen molar-refractivity contribution in [3.8, 4) is 5.69 Å². The summed E-state index contributed by atoms with van der Waals surface area (Å²) >= 11 is 0. The molecule has 3 heterocycles. The zero-order valence-corrected chi connectivity index (χ0v) is 20.5. The Bertz CT molecular complexity index is 1600. The minimum Gasteiger partial charge on any atom is -0.369 e. The summed E-state index contributed by atoms with van der Waals surface area (Å²) in [5, 5.41) is 5.43. The second-order valence-electron chi connectivity index (χ2n) is 8.82. The highest BCUT2D eigenvalue weighted by Gasteiger charge is 2.17. The molecule has 10 nitrogen and oxygen atoms in total. The molecular weight excluding hydrogens is 494 g/mol. The van der Waals surface area contributed by atoms with Crippen molar-refractivity contribution in [2.45, 2.75) is 0 Å². The first-order chi connectivity index (χ1) is 18.3. The normalized spacial score (nSPS) is 13.9. The highest BCUT2D eigenvalue weighted by molar-refractivity contribution is 5.99. The van der Waals surface area contributed by atoms with Gasteiger partial charge in [0.1, 0.15) is 23.3 Å². The molecule has 38 heavy (non-hydrogen) atoms. The van der Waals surface area contributed by atoms with Gasteiger partial charge in [0, 0.05) is 43.8 Å². The Morgan fingerprint density at radius 1 is 1.05 bits per heavy atom. The lowest BCUT2D eigenvalue weighted by Crippen LogP contribution is -2.44. The molecule has 12 heteroatoms. The SMILES string of the molecule is C=CC(=O)Nc1cc(F)cc(-n2cnc(=O)c3cnc(Nc4ccc(N5CCN(C)CC5)cc4F)nc32)c1. The number of benzene rings is 2. The Balaban J connectivity index is 1.48. The second kappa shape index (κ2) is 10.3. The van der Waals surface area contributed by atoms with E-state index in [2.05, 4.69) is 49.0 Å². The maximum atomic E-state index is 15.0. The molecule has 4 aromatic rings. The van der Waals surface area contributed by atoms with Gasteiger partial charge in [-0.25, -0.2) is 13.8 Å². The van der Waals surface area contributed by atoms with Crippen LogP contribution in [0.15, 0.2) is 66.4 Å². The number of nitrogens with zero attached hydrogens (tertiary/aromatic N) is 6. The lowest BCUT2D eigenvalue weighted by atomic mass is 10.2. The molecule has 2 aromatic heterocycles. The van der Waals surface area contributed by atoms with E-state index < -0.39 is 23.1 Å². The number of halogens is 2. The lowest BCUT2D eigenvalue weighted by Gasteiger charge is -2.34. The molecule has 1 saturated heterocycles. The zero-order valence-electron chi connectivity index (χ0n) is 20.5. The van der Waals surface area contributed by atoms with Crippen LogP contribution in [0.3, 0.4) is 0 Å².